The van der Waals surface area contributed by atoms with E-state index in [0.717, 1.165) is 18.1 Å². The van der Waals surface area contributed by atoms with E-state index in [1.54, 1.807) is 0 Å². The lowest BCUT2D eigenvalue weighted by Gasteiger charge is -2.09. The maximum absolute atomic E-state index is 4.60. The number of anilines is 1. The number of hydrogen-bond donors (Lipinski definition) is 1. The molecule has 0 radical (unpaired) electrons. The number of hydrogen-bond acceptors (Lipinski definition) is 1. The van der Waals surface area contributed by atoms with Crippen LogP contribution < -0.4 is 5.32 Å². The predicted molar refractivity (Wildman–Crippen MR) is 82.8 cm³/mol. The molecule has 2 aromatic rings. The summed E-state index contributed by atoms with van der Waals surface area (Å²) >= 11 is 0. The number of benzene rings is 2. The molecule has 0 spiro atoms. The van der Waals surface area contributed by atoms with Crippen LogP contribution in [0.15, 0.2) is 53.5 Å². The highest BCUT2D eigenvalue weighted by Crippen LogP contribution is 2.13. The van der Waals surface area contributed by atoms with Gasteiger partial charge in [-0.15, -0.1) is 0 Å². The monoisotopic (exact) mass is 252 g/mol. The van der Waals surface area contributed by atoms with Crippen LogP contribution in [-0.4, -0.2) is 5.84 Å². The third-order valence-electron chi connectivity index (χ3n) is 3.21. The first-order valence-corrected chi connectivity index (χ1v) is 6.55. The van der Waals surface area contributed by atoms with Crippen LogP contribution in [0.2, 0.25) is 0 Å². The molecule has 0 amide bonds. The summed E-state index contributed by atoms with van der Waals surface area (Å²) in [5.41, 5.74) is 4.91. The number of rotatable bonds is 3. The van der Waals surface area contributed by atoms with Gasteiger partial charge in [-0.25, -0.2) is 0 Å². The van der Waals surface area contributed by atoms with Gasteiger partial charge in [0.2, 0.25) is 0 Å². The molecule has 2 nitrogen and oxygen atoms in total. The van der Waals surface area contributed by atoms with Crippen LogP contribution in [0.5, 0.6) is 0 Å². The van der Waals surface area contributed by atoms with Crippen molar-refractivity contribution in [3.63, 3.8) is 0 Å². The summed E-state index contributed by atoms with van der Waals surface area (Å²) in [6.45, 7) is 6.94. The Morgan fingerprint density at radius 1 is 0.947 bits per heavy atom. The summed E-state index contributed by atoms with van der Waals surface area (Å²) in [7, 11) is 0. The van der Waals surface area contributed by atoms with Gasteiger partial charge >= 0.3 is 0 Å². The molecule has 19 heavy (non-hydrogen) atoms. The Balaban J connectivity index is 2.05. The molecule has 0 fully saturated rings. The molecular formula is C17H20N2. The molecule has 98 valence electrons. The molecule has 0 aliphatic heterocycles. The molecule has 0 aliphatic carbocycles. The van der Waals surface area contributed by atoms with E-state index in [9.17, 15) is 0 Å². The Bertz CT molecular complexity index is 585. The quantitative estimate of drug-likeness (QED) is 0.638. The predicted octanol–water partition coefficient (Wildman–Crippen LogP) is 4.33. The van der Waals surface area contributed by atoms with Crippen molar-refractivity contribution in [3.05, 3.63) is 65.2 Å². The fourth-order valence-corrected chi connectivity index (χ4v) is 1.94. The summed E-state index contributed by atoms with van der Waals surface area (Å²) in [5, 5.41) is 3.35. The van der Waals surface area contributed by atoms with Crippen LogP contribution in [0.25, 0.3) is 0 Å². The van der Waals surface area contributed by atoms with Crippen molar-refractivity contribution in [1.82, 2.24) is 0 Å². The summed E-state index contributed by atoms with van der Waals surface area (Å²) in [4.78, 5) is 4.60. The zero-order valence-electron chi connectivity index (χ0n) is 11.8. The third-order valence-corrected chi connectivity index (χ3v) is 3.21. The van der Waals surface area contributed by atoms with Gasteiger partial charge in [-0.05, 0) is 43.5 Å². The van der Waals surface area contributed by atoms with E-state index in [4.69, 9.17) is 0 Å². The molecule has 0 aromatic heterocycles. The van der Waals surface area contributed by atoms with Gasteiger partial charge in [-0.3, -0.25) is 4.99 Å². The highest BCUT2D eigenvalue weighted by molar-refractivity contribution is 5.94. The van der Waals surface area contributed by atoms with Gasteiger partial charge < -0.3 is 5.32 Å². The number of aliphatic imine (C=N–C) groups is 1. The molecule has 0 saturated heterocycles. The van der Waals surface area contributed by atoms with Crippen molar-refractivity contribution in [3.8, 4) is 0 Å². The van der Waals surface area contributed by atoms with E-state index >= 15 is 0 Å². The molecule has 2 heteroatoms. The molecule has 0 saturated carbocycles. The Morgan fingerprint density at radius 3 is 2.26 bits per heavy atom. The van der Waals surface area contributed by atoms with Gasteiger partial charge in [0.25, 0.3) is 0 Å². The lowest BCUT2D eigenvalue weighted by Crippen LogP contribution is -2.08. The molecule has 0 atom stereocenters. The van der Waals surface area contributed by atoms with Crippen LogP contribution in [0.3, 0.4) is 0 Å². The Labute approximate surface area is 115 Å². The van der Waals surface area contributed by atoms with Crippen LogP contribution >= 0.6 is 0 Å². The smallest absolute Gasteiger partial charge is 0.0979 e. The van der Waals surface area contributed by atoms with Crippen molar-refractivity contribution in [2.75, 3.05) is 5.32 Å². The first kappa shape index (κ1) is 13.3. The minimum Gasteiger partial charge on any atom is -0.344 e. The van der Waals surface area contributed by atoms with Gasteiger partial charge in [0.15, 0.2) is 0 Å². The largest absolute Gasteiger partial charge is 0.344 e. The van der Waals surface area contributed by atoms with Gasteiger partial charge in [-0.2, -0.15) is 0 Å². The highest BCUT2D eigenvalue weighted by atomic mass is 15.0. The molecule has 2 rings (SSSR count). The summed E-state index contributed by atoms with van der Waals surface area (Å²) < 4.78 is 0. The summed E-state index contributed by atoms with van der Waals surface area (Å²) in [6, 6.07) is 16.6. The van der Waals surface area contributed by atoms with E-state index in [1.165, 1.54) is 16.7 Å². The van der Waals surface area contributed by atoms with Crippen molar-refractivity contribution >= 4 is 11.5 Å². The Morgan fingerprint density at radius 2 is 1.58 bits per heavy atom. The van der Waals surface area contributed by atoms with E-state index in [0.29, 0.717) is 0 Å². The number of nitrogens with one attached hydrogen (secondary N) is 1. The second kappa shape index (κ2) is 6.19. The number of amidine groups is 1. The Kier molecular flexibility index (Phi) is 4.35. The lowest BCUT2D eigenvalue weighted by atomic mass is 10.1. The molecule has 0 bridgehead atoms. The molecule has 2 aromatic carbocycles. The van der Waals surface area contributed by atoms with Gasteiger partial charge in [0.1, 0.15) is 0 Å². The molecule has 0 heterocycles. The highest BCUT2D eigenvalue weighted by Gasteiger charge is 1.99. The average molecular weight is 252 g/mol. The number of para-hydroxylation sites is 1. The molecule has 1 N–H and O–H groups in total. The van der Waals surface area contributed by atoms with E-state index in [-0.39, 0.29) is 0 Å². The second-order valence-electron chi connectivity index (χ2n) is 4.77. The minimum absolute atomic E-state index is 0.720. The van der Waals surface area contributed by atoms with Crippen LogP contribution in [0.4, 0.5) is 5.69 Å². The van der Waals surface area contributed by atoms with Gasteiger partial charge in [0.05, 0.1) is 12.4 Å². The number of nitrogens with zero attached hydrogens (tertiary/aromatic N) is 1. The minimum atomic E-state index is 0.720. The Hall–Kier alpha value is -2.09. The second-order valence-corrected chi connectivity index (χ2v) is 4.77. The first-order chi connectivity index (χ1) is 9.16. The van der Waals surface area contributed by atoms with E-state index in [1.807, 2.05) is 19.1 Å². The van der Waals surface area contributed by atoms with Crippen LogP contribution in [0, 0.1) is 13.8 Å². The normalized spacial score (nSPS) is 11.4. The molecule has 0 unspecified atom stereocenters. The van der Waals surface area contributed by atoms with Crippen molar-refractivity contribution in [2.24, 2.45) is 4.99 Å². The van der Waals surface area contributed by atoms with E-state index in [2.05, 4.69) is 60.6 Å². The first-order valence-electron chi connectivity index (χ1n) is 6.55. The number of aryl methyl sites for hydroxylation is 2. The van der Waals surface area contributed by atoms with Gasteiger partial charge in [-0.1, -0.05) is 42.5 Å². The standard InChI is InChI=1S/C17H20N2/c1-13-8-4-6-10-16(13)12-18-15(3)19-17-11-7-5-9-14(17)2/h4-11H,12H2,1-3H3,(H,18,19). The fraction of sp³-hybridized carbons (Fsp3) is 0.235. The maximum Gasteiger partial charge on any atom is 0.0979 e. The topological polar surface area (TPSA) is 24.4 Å². The van der Waals surface area contributed by atoms with Crippen molar-refractivity contribution < 1.29 is 0 Å². The van der Waals surface area contributed by atoms with Crippen molar-refractivity contribution in [2.45, 2.75) is 27.3 Å². The third kappa shape index (κ3) is 3.68. The van der Waals surface area contributed by atoms with Crippen LogP contribution in [-0.2, 0) is 6.54 Å². The molecular weight excluding hydrogens is 232 g/mol. The zero-order chi connectivity index (χ0) is 13.7. The van der Waals surface area contributed by atoms with E-state index < -0.39 is 0 Å². The van der Waals surface area contributed by atoms with Gasteiger partial charge in [0, 0.05) is 5.69 Å². The zero-order valence-corrected chi connectivity index (χ0v) is 11.8. The summed E-state index contributed by atoms with van der Waals surface area (Å²) in [5.74, 6) is 0.942. The average Bonchev–Trinajstić information content (AvgIpc) is 2.40. The van der Waals surface area contributed by atoms with Crippen LogP contribution in [0.1, 0.15) is 23.6 Å². The molecule has 0 aliphatic rings. The maximum atomic E-state index is 4.60. The SMILES string of the molecule is CC(=NCc1ccccc1C)Nc1ccccc1C. The summed E-state index contributed by atoms with van der Waals surface area (Å²) in [6.07, 6.45) is 0. The fourth-order valence-electron chi connectivity index (χ4n) is 1.94. The van der Waals surface area contributed by atoms with Crippen molar-refractivity contribution in [1.29, 1.82) is 0 Å². The lowest BCUT2D eigenvalue weighted by molar-refractivity contribution is 1.04.